The molecule has 1 heterocycles. The minimum absolute atomic E-state index is 0.109. The number of nitrogens with one attached hydrogen (secondary N) is 2. The number of rotatable bonds is 7. The van der Waals surface area contributed by atoms with Crippen molar-refractivity contribution in [3.05, 3.63) is 58.1 Å². The van der Waals surface area contributed by atoms with E-state index in [1.165, 1.54) is 12.1 Å². The number of carbonyl (C=O) groups excluding carboxylic acids is 3. The molecule has 6 nitrogen and oxygen atoms in total. The van der Waals surface area contributed by atoms with Crippen molar-refractivity contribution in [1.29, 1.82) is 0 Å². The van der Waals surface area contributed by atoms with Crippen molar-refractivity contribution in [2.45, 2.75) is 39.2 Å². The zero-order chi connectivity index (χ0) is 22.5. The molecule has 1 saturated heterocycles. The Morgan fingerprint density at radius 3 is 2.39 bits per heavy atom. The number of benzene rings is 2. The van der Waals surface area contributed by atoms with Crippen molar-refractivity contribution in [2.75, 3.05) is 16.8 Å². The van der Waals surface area contributed by atoms with Gasteiger partial charge in [-0.15, -0.1) is 0 Å². The highest BCUT2D eigenvalue weighted by molar-refractivity contribution is 6.36. The van der Waals surface area contributed by atoms with Crippen LogP contribution < -0.4 is 15.5 Å². The Morgan fingerprint density at radius 2 is 1.81 bits per heavy atom. The molecule has 0 aromatic heterocycles. The van der Waals surface area contributed by atoms with Crippen LogP contribution in [-0.2, 0) is 9.59 Å². The predicted octanol–water partition coefficient (Wildman–Crippen LogP) is 4.90. The third-order valence-corrected chi connectivity index (χ3v) is 5.57. The fourth-order valence-electron chi connectivity index (χ4n) is 3.49. The Kier molecular flexibility index (Phi) is 7.57. The van der Waals surface area contributed by atoms with Gasteiger partial charge in [0.1, 0.15) is 6.04 Å². The van der Waals surface area contributed by atoms with E-state index in [-0.39, 0.29) is 28.3 Å². The molecule has 1 fully saturated rings. The Balaban J connectivity index is 1.69. The fourth-order valence-corrected chi connectivity index (χ4v) is 3.98. The molecule has 0 bridgehead atoms. The first-order chi connectivity index (χ1) is 14.7. The van der Waals surface area contributed by atoms with E-state index in [4.69, 9.17) is 23.2 Å². The average Bonchev–Trinajstić information content (AvgIpc) is 3.13. The third kappa shape index (κ3) is 5.99. The van der Waals surface area contributed by atoms with Crippen LogP contribution in [0.1, 0.15) is 43.5 Å². The molecule has 8 heteroatoms. The second-order valence-corrected chi connectivity index (χ2v) is 8.81. The van der Waals surface area contributed by atoms with Gasteiger partial charge >= 0.3 is 0 Å². The summed E-state index contributed by atoms with van der Waals surface area (Å²) in [5.41, 5.74) is 1.66. The first-order valence-electron chi connectivity index (χ1n) is 10.2. The number of anilines is 2. The highest BCUT2D eigenvalue weighted by atomic mass is 35.5. The lowest BCUT2D eigenvalue weighted by atomic mass is 10.0. The zero-order valence-corrected chi connectivity index (χ0v) is 19.0. The van der Waals surface area contributed by atoms with Gasteiger partial charge in [-0.3, -0.25) is 14.4 Å². The summed E-state index contributed by atoms with van der Waals surface area (Å²) in [7, 11) is 0. The van der Waals surface area contributed by atoms with Crippen molar-refractivity contribution in [3.8, 4) is 0 Å². The lowest BCUT2D eigenvalue weighted by Gasteiger charge is -2.21. The van der Waals surface area contributed by atoms with E-state index in [2.05, 4.69) is 10.6 Å². The second kappa shape index (κ2) is 10.2. The fraction of sp³-hybridized carbons (Fsp3) is 0.348. The van der Waals surface area contributed by atoms with E-state index in [0.29, 0.717) is 30.1 Å². The number of carbonyl (C=O) groups is 3. The molecule has 0 aliphatic carbocycles. The molecule has 31 heavy (non-hydrogen) atoms. The molecule has 2 aromatic carbocycles. The molecular formula is C23H25Cl2N3O3. The van der Waals surface area contributed by atoms with Crippen molar-refractivity contribution in [2.24, 2.45) is 5.92 Å². The molecule has 3 amide bonds. The van der Waals surface area contributed by atoms with Gasteiger partial charge in [-0.25, -0.2) is 0 Å². The molecule has 1 atom stereocenters. The monoisotopic (exact) mass is 461 g/mol. The molecule has 3 rings (SSSR count). The molecule has 0 radical (unpaired) electrons. The van der Waals surface area contributed by atoms with Crippen LogP contribution >= 0.6 is 23.2 Å². The van der Waals surface area contributed by atoms with Gasteiger partial charge in [0.15, 0.2) is 0 Å². The van der Waals surface area contributed by atoms with E-state index < -0.39 is 11.9 Å². The molecule has 0 saturated carbocycles. The minimum Gasteiger partial charge on any atom is -0.340 e. The lowest BCUT2D eigenvalue weighted by Crippen LogP contribution is -2.44. The van der Waals surface area contributed by atoms with Gasteiger partial charge in [-0.05, 0) is 61.2 Å². The number of amides is 3. The van der Waals surface area contributed by atoms with E-state index in [9.17, 15) is 14.4 Å². The van der Waals surface area contributed by atoms with Gasteiger partial charge in [-0.1, -0.05) is 37.0 Å². The van der Waals surface area contributed by atoms with Crippen LogP contribution in [0.5, 0.6) is 0 Å². The Morgan fingerprint density at radius 1 is 1.10 bits per heavy atom. The first-order valence-corrected chi connectivity index (χ1v) is 11.0. The third-order valence-electron chi connectivity index (χ3n) is 5.02. The van der Waals surface area contributed by atoms with E-state index in [0.717, 1.165) is 12.1 Å². The van der Waals surface area contributed by atoms with Crippen molar-refractivity contribution < 1.29 is 14.4 Å². The van der Waals surface area contributed by atoms with Crippen molar-refractivity contribution in [3.63, 3.8) is 0 Å². The molecule has 0 spiro atoms. The van der Waals surface area contributed by atoms with Crippen LogP contribution in [0.3, 0.4) is 0 Å². The zero-order valence-electron chi connectivity index (χ0n) is 17.5. The van der Waals surface area contributed by atoms with E-state index in [1.807, 2.05) is 26.0 Å². The molecule has 1 aliphatic heterocycles. The van der Waals surface area contributed by atoms with Gasteiger partial charge in [0.2, 0.25) is 11.8 Å². The van der Waals surface area contributed by atoms with Gasteiger partial charge in [-0.2, -0.15) is 0 Å². The number of hydrogen-bond donors (Lipinski definition) is 2. The summed E-state index contributed by atoms with van der Waals surface area (Å²) in [6.45, 7) is 4.66. The Bertz CT molecular complexity index is 977. The number of hydrogen-bond acceptors (Lipinski definition) is 3. The van der Waals surface area contributed by atoms with Gasteiger partial charge < -0.3 is 15.5 Å². The maximum Gasteiger partial charge on any atom is 0.253 e. The average molecular weight is 462 g/mol. The molecule has 2 aromatic rings. The van der Waals surface area contributed by atoms with Crippen molar-refractivity contribution in [1.82, 2.24) is 5.32 Å². The maximum absolute atomic E-state index is 12.9. The van der Waals surface area contributed by atoms with Crippen LogP contribution in [0.2, 0.25) is 10.0 Å². The summed E-state index contributed by atoms with van der Waals surface area (Å²) < 4.78 is 0. The van der Waals surface area contributed by atoms with Crippen LogP contribution in [0.15, 0.2) is 42.5 Å². The predicted molar refractivity (Wildman–Crippen MR) is 124 cm³/mol. The largest absolute Gasteiger partial charge is 0.340 e. The summed E-state index contributed by atoms with van der Waals surface area (Å²) >= 11 is 12.0. The SMILES string of the molecule is CC(C)CC(NC(=O)c1ccc(Cl)cc1Cl)C(=O)Nc1ccc(N2CCCC2=O)cc1. The van der Waals surface area contributed by atoms with Crippen LogP contribution in [0.4, 0.5) is 11.4 Å². The summed E-state index contributed by atoms with van der Waals surface area (Å²) in [6.07, 6.45) is 1.88. The highest BCUT2D eigenvalue weighted by Gasteiger charge is 2.24. The highest BCUT2D eigenvalue weighted by Crippen LogP contribution is 2.24. The van der Waals surface area contributed by atoms with Crippen molar-refractivity contribution >= 4 is 52.3 Å². The van der Waals surface area contributed by atoms with Crippen LogP contribution in [0, 0.1) is 5.92 Å². The topological polar surface area (TPSA) is 78.5 Å². The quantitative estimate of drug-likeness (QED) is 0.614. The number of halogens is 2. The standard InChI is InChI=1S/C23H25Cl2N3O3/c1-14(2)12-20(27-22(30)18-10-5-15(24)13-19(18)25)23(31)26-16-6-8-17(9-7-16)28-11-3-4-21(28)29/h5-10,13-14,20H,3-4,11-12H2,1-2H3,(H,26,31)(H,27,30). The summed E-state index contributed by atoms with van der Waals surface area (Å²) in [5.74, 6) is -0.472. The Labute approximate surface area is 191 Å². The number of nitrogens with zero attached hydrogens (tertiary/aromatic N) is 1. The summed E-state index contributed by atoms with van der Waals surface area (Å²) in [6, 6.07) is 11.0. The first kappa shape index (κ1) is 23.1. The van der Waals surface area contributed by atoms with E-state index in [1.54, 1.807) is 23.1 Å². The van der Waals surface area contributed by atoms with Gasteiger partial charge in [0.25, 0.3) is 5.91 Å². The second-order valence-electron chi connectivity index (χ2n) is 7.96. The van der Waals surface area contributed by atoms with Crippen LogP contribution in [-0.4, -0.2) is 30.3 Å². The normalized spacial score (nSPS) is 14.6. The molecule has 164 valence electrons. The van der Waals surface area contributed by atoms with Gasteiger partial charge in [0.05, 0.1) is 10.6 Å². The van der Waals surface area contributed by atoms with E-state index >= 15 is 0 Å². The van der Waals surface area contributed by atoms with Crippen LogP contribution in [0.25, 0.3) is 0 Å². The lowest BCUT2D eigenvalue weighted by molar-refractivity contribution is -0.118. The molecule has 1 aliphatic rings. The molecule has 1 unspecified atom stereocenters. The minimum atomic E-state index is -0.737. The molecular weight excluding hydrogens is 437 g/mol. The van der Waals surface area contributed by atoms with Gasteiger partial charge in [0, 0.05) is 29.4 Å². The Hall–Kier alpha value is -2.57. The summed E-state index contributed by atoms with van der Waals surface area (Å²) in [5, 5.41) is 6.27. The molecule has 2 N–H and O–H groups in total. The summed E-state index contributed by atoms with van der Waals surface area (Å²) in [4.78, 5) is 39.2. The maximum atomic E-state index is 12.9. The smallest absolute Gasteiger partial charge is 0.253 e.